The lowest BCUT2D eigenvalue weighted by atomic mass is 10.0. The summed E-state index contributed by atoms with van der Waals surface area (Å²) in [6.07, 6.45) is 1.29. The number of nitrogens with two attached hydrogens (primary N) is 1. The van der Waals surface area contributed by atoms with E-state index in [1.807, 2.05) is 0 Å². The minimum Gasteiger partial charge on any atom is -0.381 e. The summed E-state index contributed by atoms with van der Waals surface area (Å²) in [5.74, 6) is 0.644. The third-order valence-corrected chi connectivity index (χ3v) is 2.94. The highest BCUT2D eigenvalue weighted by atomic mass is 16.5. The van der Waals surface area contributed by atoms with Gasteiger partial charge in [-0.05, 0) is 19.3 Å². The minimum atomic E-state index is 0.125. The van der Waals surface area contributed by atoms with E-state index in [0.717, 1.165) is 26.2 Å². The molecular formula is C10H22N2O2. The van der Waals surface area contributed by atoms with Crippen LogP contribution in [-0.2, 0) is 9.47 Å². The van der Waals surface area contributed by atoms with E-state index >= 15 is 0 Å². The summed E-state index contributed by atoms with van der Waals surface area (Å²) in [5, 5.41) is 3.44. The highest BCUT2D eigenvalue weighted by Gasteiger charge is 2.22. The van der Waals surface area contributed by atoms with Crippen molar-refractivity contribution in [3.8, 4) is 0 Å². The first-order valence-electron chi connectivity index (χ1n) is 5.32. The zero-order valence-electron chi connectivity index (χ0n) is 9.16. The molecular weight excluding hydrogens is 180 g/mol. The fourth-order valence-corrected chi connectivity index (χ4v) is 1.69. The molecule has 4 heteroatoms. The Kier molecular flexibility index (Phi) is 5.40. The third kappa shape index (κ3) is 3.53. The highest BCUT2D eigenvalue weighted by molar-refractivity contribution is 4.77. The van der Waals surface area contributed by atoms with Gasteiger partial charge in [0.1, 0.15) is 0 Å². The van der Waals surface area contributed by atoms with Crippen molar-refractivity contribution in [2.24, 2.45) is 11.7 Å². The lowest BCUT2D eigenvalue weighted by Crippen LogP contribution is -2.41. The van der Waals surface area contributed by atoms with Crippen molar-refractivity contribution >= 4 is 0 Å². The van der Waals surface area contributed by atoms with Crippen molar-refractivity contribution in [3.63, 3.8) is 0 Å². The average molecular weight is 202 g/mol. The fourth-order valence-electron chi connectivity index (χ4n) is 1.69. The Bertz CT molecular complexity index is 145. The predicted molar refractivity (Wildman–Crippen MR) is 56.2 cm³/mol. The standard InChI is InChI=1S/C10H22N2O2/c1-8(9-3-4-14-7-9)12-6-10(5-11)13-2/h8-10,12H,3-7,11H2,1-2H3. The third-order valence-electron chi connectivity index (χ3n) is 2.94. The Morgan fingerprint density at radius 1 is 1.64 bits per heavy atom. The van der Waals surface area contributed by atoms with Gasteiger partial charge < -0.3 is 20.5 Å². The summed E-state index contributed by atoms with van der Waals surface area (Å²) in [7, 11) is 1.70. The van der Waals surface area contributed by atoms with E-state index < -0.39 is 0 Å². The van der Waals surface area contributed by atoms with Crippen LogP contribution in [0, 0.1) is 5.92 Å². The van der Waals surface area contributed by atoms with E-state index in [1.54, 1.807) is 7.11 Å². The zero-order chi connectivity index (χ0) is 10.4. The number of rotatable bonds is 6. The maximum absolute atomic E-state index is 5.53. The van der Waals surface area contributed by atoms with Gasteiger partial charge in [-0.1, -0.05) is 0 Å². The quantitative estimate of drug-likeness (QED) is 0.635. The van der Waals surface area contributed by atoms with Crippen LogP contribution in [0.3, 0.4) is 0 Å². The maximum atomic E-state index is 5.53. The summed E-state index contributed by atoms with van der Waals surface area (Å²) >= 11 is 0. The van der Waals surface area contributed by atoms with Crippen LogP contribution < -0.4 is 11.1 Å². The molecule has 0 aromatic carbocycles. The normalized spacial score (nSPS) is 26.4. The molecule has 3 N–H and O–H groups in total. The molecule has 1 aliphatic rings. The minimum absolute atomic E-state index is 0.125. The van der Waals surface area contributed by atoms with Crippen molar-refractivity contribution in [3.05, 3.63) is 0 Å². The van der Waals surface area contributed by atoms with E-state index in [0.29, 0.717) is 18.5 Å². The van der Waals surface area contributed by atoms with Gasteiger partial charge in [-0.2, -0.15) is 0 Å². The maximum Gasteiger partial charge on any atom is 0.0817 e. The Morgan fingerprint density at radius 3 is 2.93 bits per heavy atom. The van der Waals surface area contributed by atoms with Crippen LogP contribution in [0.5, 0.6) is 0 Å². The van der Waals surface area contributed by atoms with Crippen LogP contribution in [-0.4, -0.2) is 45.6 Å². The Balaban J connectivity index is 2.15. The summed E-state index contributed by atoms with van der Waals surface area (Å²) in [6.45, 7) is 5.38. The van der Waals surface area contributed by atoms with Crippen molar-refractivity contribution < 1.29 is 9.47 Å². The lowest BCUT2D eigenvalue weighted by Gasteiger charge is -2.22. The Hall–Kier alpha value is -0.160. The van der Waals surface area contributed by atoms with Crippen LogP contribution in [0.1, 0.15) is 13.3 Å². The average Bonchev–Trinajstić information content (AvgIpc) is 2.72. The molecule has 1 heterocycles. The fraction of sp³-hybridized carbons (Fsp3) is 1.00. The van der Waals surface area contributed by atoms with Crippen molar-refractivity contribution in [2.45, 2.75) is 25.5 Å². The van der Waals surface area contributed by atoms with Crippen LogP contribution in [0.25, 0.3) is 0 Å². The van der Waals surface area contributed by atoms with Gasteiger partial charge in [-0.3, -0.25) is 0 Å². The van der Waals surface area contributed by atoms with Gasteiger partial charge >= 0.3 is 0 Å². The second-order valence-corrected chi connectivity index (χ2v) is 3.91. The first-order valence-corrected chi connectivity index (χ1v) is 5.32. The van der Waals surface area contributed by atoms with Gasteiger partial charge in [0.2, 0.25) is 0 Å². The topological polar surface area (TPSA) is 56.5 Å². The monoisotopic (exact) mass is 202 g/mol. The molecule has 0 amide bonds. The number of methoxy groups -OCH3 is 1. The van der Waals surface area contributed by atoms with Gasteiger partial charge in [0.05, 0.1) is 12.7 Å². The van der Waals surface area contributed by atoms with Crippen molar-refractivity contribution in [2.75, 3.05) is 33.4 Å². The molecule has 0 aromatic heterocycles. The molecule has 1 saturated heterocycles. The molecule has 0 aromatic rings. The van der Waals surface area contributed by atoms with Crippen molar-refractivity contribution in [1.29, 1.82) is 0 Å². The molecule has 0 saturated carbocycles. The second-order valence-electron chi connectivity index (χ2n) is 3.91. The smallest absolute Gasteiger partial charge is 0.0817 e. The number of nitrogens with one attached hydrogen (secondary N) is 1. The van der Waals surface area contributed by atoms with Gasteiger partial charge in [0.15, 0.2) is 0 Å². The number of ether oxygens (including phenoxy) is 2. The lowest BCUT2D eigenvalue weighted by molar-refractivity contribution is 0.102. The number of hydrogen-bond donors (Lipinski definition) is 2. The Morgan fingerprint density at radius 2 is 2.43 bits per heavy atom. The summed E-state index contributed by atoms with van der Waals surface area (Å²) < 4.78 is 10.5. The van der Waals surface area contributed by atoms with E-state index in [9.17, 15) is 0 Å². The SMILES string of the molecule is COC(CN)CNC(C)C1CCOC1. The highest BCUT2D eigenvalue weighted by Crippen LogP contribution is 2.16. The summed E-state index contributed by atoms with van der Waals surface area (Å²) in [6, 6.07) is 0.488. The molecule has 0 radical (unpaired) electrons. The molecule has 1 rings (SSSR count). The molecule has 3 unspecified atom stereocenters. The second kappa shape index (κ2) is 6.35. The molecule has 0 aliphatic carbocycles. The van der Waals surface area contributed by atoms with Gasteiger partial charge in [-0.25, -0.2) is 0 Å². The molecule has 14 heavy (non-hydrogen) atoms. The Labute approximate surface area is 86.1 Å². The van der Waals surface area contributed by atoms with Crippen LogP contribution in [0.2, 0.25) is 0 Å². The first kappa shape index (κ1) is 11.9. The summed E-state index contributed by atoms with van der Waals surface area (Å²) in [4.78, 5) is 0. The van der Waals surface area contributed by atoms with Gasteiger partial charge in [-0.15, -0.1) is 0 Å². The van der Waals surface area contributed by atoms with Gasteiger partial charge in [0, 0.05) is 32.8 Å². The van der Waals surface area contributed by atoms with Crippen LogP contribution in [0.4, 0.5) is 0 Å². The van der Waals surface area contributed by atoms with E-state index in [-0.39, 0.29) is 6.10 Å². The van der Waals surface area contributed by atoms with Crippen molar-refractivity contribution in [1.82, 2.24) is 5.32 Å². The van der Waals surface area contributed by atoms with E-state index in [1.165, 1.54) is 0 Å². The molecule has 0 spiro atoms. The first-order chi connectivity index (χ1) is 6.77. The molecule has 0 bridgehead atoms. The zero-order valence-corrected chi connectivity index (χ0v) is 9.16. The van der Waals surface area contributed by atoms with Crippen LogP contribution in [0.15, 0.2) is 0 Å². The largest absolute Gasteiger partial charge is 0.381 e. The van der Waals surface area contributed by atoms with E-state index in [2.05, 4.69) is 12.2 Å². The number of hydrogen-bond acceptors (Lipinski definition) is 4. The summed E-state index contributed by atoms with van der Waals surface area (Å²) in [5.41, 5.74) is 5.53. The molecule has 1 aliphatic heterocycles. The van der Waals surface area contributed by atoms with E-state index in [4.69, 9.17) is 15.2 Å². The molecule has 84 valence electrons. The van der Waals surface area contributed by atoms with Gasteiger partial charge in [0.25, 0.3) is 0 Å². The molecule has 3 atom stereocenters. The molecule has 1 fully saturated rings. The molecule has 4 nitrogen and oxygen atoms in total. The van der Waals surface area contributed by atoms with Crippen LogP contribution >= 0.6 is 0 Å². The predicted octanol–water partition coefficient (Wildman–Crippen LogP) is -0.0253.